The molecule has 2 rings (SSSR count). The van der Waals surface area contributed by atoms with Crippen LogP contribution in [0.25, 0.3) is 0 Å². The van der Waals surface area contributed by atoms with Crippen molar-refractivity contribution in [3.63, 3.8) is 0 Å². The summed E-state index contributed by atoms with van der Waals surface area (Å²) in [5, 5.41) is 16.8. The molecule has 0 aliphatic heterocycles. The van der Waals surface area contributed by atoms with Crippen LogP contribution < -0.4 is 10.6 Å². The molecule has 2 aromatic carbocycles. The summed E-state index contributed by atoms with van der Waals surface area (Å²) in [6.07, 6.45) is 0.828. The van der Waals surface area contributed by atoms with Crippen LogP contribution in [0.2, 0.25) is 0 Å². The number of hydrogen-bond acceptors (Lipinski definition) is 4. The molecule has 0 unspecified atom stereocenters. The third-order valence-corrected chi connectivity index (χ3v) is 3.95. The molecule has 2 aromatic rings. The van der Waals surface area contributed by atoms with Crippen LogP contribution in [-0.4, -0.2) is 17.4 Å². The first-order chi connectivity index (χ1) is 11.4. The van der Waals surface area contributed by atoms with Crippen LogP contribution >= 0.6 is 0 Å². The normalized spacial score (nSPS) is 10.3. The van der Waals surface area contributed by atoms with E-state index in [1.165, 1.54) is 6.07 Å². The van der Waals surface area contributed by atoms with Gasteiger partial charge in [-0.25, -0.2) is 0 Å². The predicted molar refractivity (Wildman–Crippen MR) is 95.5 cm³/mol. The van der Waals surface area contributed by atoms with Gasteiger partial charge in [-0.1, -0.05) is 31.2 Å². The van der Waals surface area contributed by atoms with Gasteiger partial charge in [-0.3, -0.25) is 14.9 Å². The topological polar surface area (TPSA) is 84.3 Å². The Bertz CT molecular complexity index is 772. The number of aryl methyl sites for hydroxylation is 2. The third-order valence-electron chi connectivity index (χ3n) is 3.95. The number of para-hydroxylation sites is 1. The molecule has 24 heavy (non-hydrogen) atoms. The summed E-state index contributed by atoms with van der Waals surface area (Å²) >= 11 is 0. The Morgan fingerprint density at radius 1 is 1.17 bits per heavy atom. The summed E-state index contributed by atoms with van der Waals surface area (Å²) in [5.74, 6) is -0.190. The van der Waals surface area contributed by atoms with E-state index in [1.807, 2.05) is 32.0 Å². The van der Waals surface area contributed by atoms with E-state index in [-0.39, 0.29) is 18.1 Å². The first-order valence-corrected chi connectivity index (χ1v) is 7.80. The standard InChI is InChI=1S/C18H21N3O3/c1-4-14-8-5-7-12(2)18(14)20-17(22)11-19-15-9-6-10-16(13(15)3)21(23)24/h5-10,19H,4,11H2,1-3H3,(H,20,22). The molecule has 0 bridgehead atoms. The maximum Gasteiger partial charge on any atom is 0.274 e. The summed E-state index contributed by atoms with van der Waals surface area (Å²) in [5.41, 5.74) is 4.06. The molecule has 0 spiro atoms. The van der Waals surface area contributed by atoms with Crippen LogP contribution in [0, 0.1) is 24.0 Å². The highest BCUT2D eigenvalue weighted by Gasteiger charge is 2.14. The number of nitrogens with one attached hydrogen (secondary N) is 2. The molecule has 0 heterocycles. The Morgan fingerprint density at radius 3 is 2.54 bits per heavy atom. The van der Waals surface area contributed by atoms with E-state index < -0.39 is 4.92 Å². The number of nitro groups is 1. The fourth-order valence-electron chi connectivity index (χ4n) is 2.57. The van der Waals surface area contributed by atoms with Crippen molar-refractivity contribution in [1.29, 1.82) is 0 Å². The van der Waals surface area contributed by atoms with Gasteiger partial charge in [0, 0.05) is 23.0 Å². The summed E-state index contributed by atoms with van der Waals surface area (Å²) in [6.45, 7) is 5.69. The molecule has 0 saturated heterocycles. The SMILES string of the molecule is CCc1cccc(C)c1NC(=O)CNc1cccc([N+](=O)[O-])c1C. The fraction of sp³-hybridized carbons (Fsp3) is 0.278. The monoisotopic (exact) mass is 327 g/mol. The van der Waals surface area contributed by atoms with E-state index in [2.05, 4.69) is 10.6 Å². The van der Waals surface area contributed by atoms with E-state index >= 15 is 0 Å². The molecular weight excluding hydrogens is 306 g/mol. The number of nitrogens with zero attached hydrogens (tertiary/aromatic N) is 1. The Hall–Kier alpha value is -2.89. The van der Waals surface area contributed by atoms with Crippen LogP contribution in [0.3, 0.4) is 0 Å². The molecule has 2 N–H and O–H groups in total. The second-order valence-corrected chi connectivity index (χ2v) is 5.57. The highest BCUT2D eigenvalue weighted by atomic mass is 16.6. The zero-order valence-electron chi connectivity index (χ0n) is 14.1. The average molecular weight is 327 g/mol. The number of carbonyl (C=O) groups is 1. The molecule has 0 atom stereocenters. The molecule has 6 heteroatoms. The Labute approximate surface area is 141 Å². The molecule has 126 valence electrons. The Morgan fingerprint density at radius 2 is 1.88 bits per heavy atom. The molecule has 0 aliphatic rings. The van der Waals surface area contributed by atoms with Crippen LogP contribution in [0.15, 0.2) is 36.4 Å². The molecular formula is C18H21N3O3. The number of amides is 1. The van der Waals surface area contributed by atoms with E-state index in [9.17, 15) is 14.9 Å². The second-order valence-electron chi connectivity index (χ2n) is 5.57. The Kier molecular flexibility index (Phi) is 5.52. The van der Waals surface area contributed by atoms with Gasteiger partial charge in [-0.2, -0.15) is 0 Å². The summed E-state index contributed by atoms with van der Waals surface area (Å²) in [4.78, 5) is 22.8. The van der Waals surface area contributed by atoms with Gasteiger partial charge in [0.2, 0.25) is 5.91 Å². The van der Waals surface area contributed by atoms with Crippen molar-refractivity contribution in [2.24, 2.45) is 0 Å². The first-order valence-electron chi connectivity index (χ1n) is 7.80. The predicted octanol–water partition coefficient (Wildman–Crippen LogP) is 3.82. The number of anilines is 2. The molecule has 0 aromatic heterocycles. The Balaban J connectivity index is 2.07. The smallest absolute Gasteiger partial charge is 0.274 e. The van der Waals surface area contributed by atoms with Gasteiger partial charge < -0.3 is 10.6 Å². The van der Waals surface area contributed by atoms with Crippen molar-refractivity contribution in [3.05, 3.63) is 63.2 Å². The zero-order chi connectivity index (χ0) is 17.7. The van der Waals surface area contributed by atoms with Crippen molar-refractivity contribution in [3.8, 4) is 0 Å². The molecule has 0 radical (unpaired) electrons. The maximum atomic E-state index is 12.2. The molecule has 0 fully saturated rings. The molecule has 0 saturated carbocycles. The largest absolute Gasteiger partial charge is 0.376 e. The van der Waals surface area contributed by atoms with Crippen LogP contribution in [0.4, 0.5) is 17.1 Å². The van der Waals surface area contributed by atoms with Gasteiger partial charge in [0.05, 0.1) is 11.5 Å². The number of carbonyl (C=O) groups excluding carboxylic acids is 1. The van der Waals surface area contributed by atoms with Crippen molar-refractivity contribution in [2.45, 2.75) is 27.2 Å². The number of hydrogen-bond donors (Lipinski definition) is 2. The maximum absolute atomic E-state index is 12.2. The van der Waals surface area contributed by atoms with Gasteiger partial charge in [0.15, 0.2) is 0 Å². The van der Waals surface area contributed by atoms with Crippen molar-refractivity contribution >= 4 is 23.0 Å². The lowest BCUT2D eigenvalue weighted by Crippen LogP contribution is -2.23. The highest BCUT2D eigenvalue weighted by Crippen LogP contribution is 2.25. The lowest BCUT2D eigenvalue weighted by molar-refractivity contribution is -0.385. The van der Waals surface area contributed by atoms with Crippen molar-refractivity contribution < 1.29 is 9.72 Å². The minimum absolute atomic E-state index is 0.0348. The quantitative estimate of drug-likeness (QED) is 0.624. The van der Waals surface area contributed by atoms with Crippen LogP contribution in [0.5, 0.6) is 0 Å². The summed E-state index contributed by atoms with van der Waals surface area (Å²) in [6, 6.07) is 10.7. The minimum atomic E-state index is -0.429. The van der Waals surface area contributed by atoms with Crippen LogP contribution in [0.1, 0.15) is 23.6 Å². The third kappa shape index (κ3) is 3.90. The van der Waals surface area contributed by atoms with E-state index in [0.29, 0.717) is 11.3 Å². The number of benzene rings is 2. The number of nitro benzene ring substituents is 1. The van der Waals surface area contributed by atoms with E-state index in [0.717, 1.165) is 23.2 Å². The lowest BCUT2D eigenvalue weighted by Gasteiger charge is -2.14. The zero-order valence-corrected chi connectivity index (χ0v) is 14.1. The fourth-order valence-corrected chi connectivity index (χ4v) is 2.57. The molecule has 0 aliphatic carbocycles. The second kappa shape index (κ2) is 7.59. The summed E-state index contributed by atoms with van der Waals surface area (Å²) in [7, 11) is 0. The van der Waals surface area contributed by atoms with Gasteiger partial charge in [0.25, 0.3) is 5.69 Å². The average Bonchev–Trinajstić information content (AvgIpc) is 2.55. The minimum Gasteiger partial charge on any atom is -0.376 e. The summed E-state index contributed by atoms with van der Waals surface area (Å²) < 4.78 is 0. The van der Waals surface area contributed by atoms with E-state index in [1.54, 1.807) is 19.1 Å². The van der Waals surface area contributed by atoms with Gasteiger partial charge in [-0.05, 0) is 37.5 Å². The van der Waals surface area contributed by atoms with E-state index in [4.69, 9.17) is 0 Å². The van der Waals surface area contributed by atoms with Gasteiger partial charge >= 0.3 is 0 Å². The van der Waals surface area contributed by atoms with Crippen LogP contribution in [-0.2, 0) is 11.2 Å². The lowest BCUT2D eigenvalue weighted by atomic mass is 10.1. The van der Waals surface area contributed by atoms with Gasteiger partial charge in [0.1, 0.15) is 0 Å². The highest BCUT2D eigenvalue weighted by molar-refractivity contribution is 5.95. The first kappa shape index (κ1) is 17.5. The van der Waals surface area contributed by atoms with Gasteiger partial charge in [-0.15, -0.1) is 0 Å². The molecule has 1 amide bonds. The molecule has 6 nitrogen and oxygen atoms in total. The van der Waals surface area contributed by atoms with Crippen molar-refractivity contribution in [1.82, 2.24) is 0 Å². The number of rotatable bonds is 6. The van der Waals surface area contributed by atoms with Crippen molar-refractivity contribution in [2.75, 3.05) is 17.2 Å².